The van der Waals surface area contributed by atoms with Gasteiger partial charge in [0, 0.05) is 11.8 Å². The molecule has 0 amide bonds. The van der Waals surface area contributed by atoms with Crippen molar-refractivity contribution in [2.45, 2.75) is 25.4 Å². The topological polar surface area (TPSA) is 30.2 Å². The Morgan fingerprint density at radius 1 is 1.67 bits per heavy atom. The Labute approximate surface area is 75.9 Å². The molecule has 1 aromatic rings. The van der Waals surface area contributed by atoms with Crippen molar-refractivity contribution in [2.24, 2.45) is 4.99 Å². The molecule has 2 heterocycles. The molecule has 0 aromatic carbocycles. The Morgan fingerprint density at radius 2 is 2.50 bits per heavy atom. The Hall–Kier alpha value is -0.770. The van der Waals surface area contributed by atoms with Crippen molar-refractivity contribution in [3.05, 3.63) is 6.07 Å². The number of aromatic nitrogens is 2. The second kappa shape index (κ2) is 2.94. The molecule has 12 heavy (non-hydrogen) atoms. The van der Waals surface area contributed by atoms with Gasteiger partial charge in [0.2, 0.25) is 0 Å². The first-order valence-electron chi connectivity index (χ1n) is 4.04. The highest BCUT2D eigenvalue weighted by Gasteiger charge is 2.13. The van der Waals surface area contributed by atoms with Crippen LogP contribution in [-0.4, -0.2) is 21.2 Å². The van der Waals surface area contributed by atoms with E-state index in [4.69, 9.17) is 0 Å². The summed E-state index contributed by atoms with van der Waals surface area (Å²) in [4.78, 5) is 4.36. The number of hydrogen-bond donors (Lipinski definition) is 0. The first-order valence-corrected chi connectivity index (χ1v) is 5.03. The average Bonchev–Trinajstić information content (AvgIpc) is 2.44. The van der Waals surface area contributed by atoms with Gasteiger partial charge >= 0.3 is 0 Å². The van der Waals surface area contributed by atoms with Crippen LogP contribution in [0.1, 0.15) is 13.8 Å². The lowest BCUT2D eigenvalue weighted by atomic mass is 10.4. The second-order valence-corrected chi connectivity index (χ2v) is 4.06. The van der Waals surface area contributed by atoms with Crippen molar-refractivity contribution >= 4 is 23.3 Å². The van der Waals surface area contributed by atoms with E-state index in [0.717, 1.165) is 28.9 Å². The van der Waals surface area contributed by atoms with Crippen molar-refractivity contribution in [1.29, 1.82) is 0 Å². The molecule has 0 saturated carbocycles. The van der Waals surface area contributed by atoms with E-state index >= 15 is 0 Å². The number of nitrogens with zero attached hydrogens (tertiary/aromatic N) is 3. The molecule has 0 spiro atoms. The van der Waals surface area contributed by atoms with Crippen LogP contribution in [0.2, 0.25) is 0 Å². The normalized spacial score (nSPS) is 14.7. The third-order valence-corrected chi connectivity index (χ3v) is 2.50. The van der Waals surface area contributed by atoms with Gasteiger partial charge in [0.05, 0.1) is 6.54 Å². The molecule has 2 rings (SSSR count). The lowest BCUT2D eigenvalue weighted by Gasteiger charge is -1.92. The van der Waals surface area contributed by atoms with Crippen LogP contribution in [0.15, 0.2) is 16.1 Å². The number of hydrogen-bond acceptors (Lipinski definition) is 3. The van der Waals surface area contributed by atoms with Gasteiger partial charge in [0.15, 0.2) is 5.82 Å². The molecule has 0 saturated heterocycles. The Kier molecular flexibility index (Phi) is 1.92. The zero-order chi connectivity index (χ0) is 8.55. The number of aliphatic imine (C=N–C) groups is 1. The van der Waals surface area contributed by atoms with Crippen LogP contribution < -0.4 is 0 Å². The minimum atomic E-state index is 0.861. The van der Waals surface area contributed by atoms with Crippen LogP contribution in [-0.2, 0) is 6.54 Å². The summed E-state index contributed by atoms with van der Waals surface area (Å²) in [6.07, 6.45) is 0. The van der Waals surface area contributed by atoms with Crippen LogP contribution in [0, 0.1) is 0 Å². The van der Waals surface area contributed by atoms with Crippen molar-refractivity contribution in [2.75, 3.05) is 5.75 Å². The molecule has 1 aliphatic rings. The highest BCUT2D eigenvalue weighted by atomic mass is 32.2. The molecular formula is C8H11N3S. The van der Waals surface area contributed by atoms with E-state index in [2.05, 4.69) is 17.0 Å². The predicted molar refractivity (Wildman–Crippen MR) is 51.4 cm³/mol. The fourth-order valence-corrected chi connectivity index (χ4v) is 1.90. The summed E-state index contributed by atoms with van der Waals surface area (Å²) in [6, 6.07) is 2.05. The van der Waals surface area contributed by atoms with Crippen LogP contribution in [0.3, 0.4) is 0 Å². The molecule has 0 fully saturated rings. The van der Waals surface area contributed by atoms with Crippen molar-refractivity contribution in [3.8, 4) is 0 Å². The maximum Gasteiger partial charge on any atom is 0.151 e. The molecule has 0 bridgehead atoms. The molecule has 0 unspecified atom stereocenters. The van der Waals surface area contributed by atoms with Crippen molar-refractivity contribution in [3.63, 3.8) is 0 Å². The molecule has 0 aliphatic carbocycles. The molecule has 0 atom stereocenters. The summed E-state index contributed by atoms with van der Waals surface area (Å²) < 4.78 is 1.95. The Bertz CT molecular complexity index is 327. The van der Waals surface area contributed by atoms with E-state index in [1.165, 1.54) is 0 Å². The monoisotopic (exact) mass is 181 g/mol. The first kappa shape index (κ1) is 7.86. The van der Waals surface area contributed by atoms with E-state index in [-0.39, 0.29) is 0 Å². The average molecular weight is 181 g/mol. The van der Waals surface area contributed by atoms with E-state index in [0.29, 0.717) is 0 Å². The lowest BCUT2D eigenvalue weighted by molar-refractivity contribution is 0.722. The maximum atomic E-state index is 4.40. The quantitative estimate of drug-likeness (QED) is 0.654. The van der Waals surface area contributed by atoms with Crippen LogP contribution in [0.4, 0.5) is 5.82 Å². The minimum absolute atomic E-state index is 0.861. The smallest absolute Gasteiger partial charge is 0.151 e. The summed E-state index contributed by atoms with van der Waals surface area (Å²) in [5, 5.41) is 5.48. The summed E-state index contributed by atoms with van der Waals surface area (Å²) in [6.45, 7) is 5.02. The van der Waals surface area contributed by atoms with E-state index in [1.807, 2.05) is 17.7 Å². The van der Waals surface area contributed by atoms with E-state index in [9.17, 15) is 0 Å². The Balaban J connectivity index is 2.26. The zero-order valence-electron chi connectivity index (χ0n) is 7.24. The van der Waals surface area contributed by atoms with Gasteiger partial charge in [0.1, 0.15) is 5.03 Å². The summed E-state index contributed by atoms with van der Waals surface area (Å²) >= 11 is 1.76. The fraction of sp³-hybridized carbons (Fsp3) is 0.500. The van der Waals surface area contributed by atoms with Gasteiger partial charge in [-0.25, -0.2) is 9.67 Å². The van der Waals surface area contributed by atoms with Crippen molar-refractivity contribution in [1.82, 2.24) is 9.78 Å². The third kappa shape index (κ3) is 1.27. The molecule has 3 nitrogen and oxygen atoms in total. The molecule has 4 heteroatoms. The molecule has 0 radical (unpaired) electrons. The SMILES string of the molecule is CCSc1cc2n(n1)CC(C)=N2. The summed E-state index contributed by atoms with van der Waals surface area (Å²) in [5.74, 6) is 2.07. The van der Waals surface area contributed by atoms with Crippen LogP contribution >= 0.6 is 11.8 Å². The number of fused-ring (bicyclic) bond motifs is 1. The largest absolute Gasteiger partial charge is 0.241 e. The Morgan fingerprint density at radius 3 is 3.17 bits per heavy atom. The number of rotatable bonds is 2. The van der Waals surface area contributed by atoms with Gasteiger partial charge in [-0.15, -0.1) is 11.8 Å². The molecule has 1 aliphatic heterocycles. The van der Waals surface area contributed by atoms with Gasteiger partial charge in [-0.2, -0.15) is 5.10 Å². The second-order valence-electron chi connectivity index (χ2n) is 2.78. The minimum Gasteiger partial charge on any atom is -0.241 e. The molecular weight excluding hydrogens is 170 g/mol. The highest BCUT2D eigenvalue weighted by molar-refractivity contribution is 7.99. The van der Waals surface area contributed by atoms with Crippen LogP contribution in [0.25, 0.3) is 0 Å². The zero-order valence-corrected chi connectivity index (χ0v) is 8.06. The summed E-state index contributed by atoms with van der Waals surface area (Å²) in [7, 11) is 0. The first-order chi connectivity index (χ1) is 5.79. The highest BCUT2D eigenvalue weighted by Crippen LogP contribution is 2.25. The third-order valence-electron chi connectivity index (χ3n) is 1.71. The van der Waals surface area contributed by atoms with Gasteiger partial charge < -0.3 is 0 Å². The van der Waals surface area contributed by atoms with Gasteiger partial charge in [-0.1, -0.05) is 6.92 Å². The lowest BCUT2D eigenvalue weighted by Crippen LogP contribution is -2.00. The standard InChI is InChI=1S/C8H11N3S/c1-3-12-8-4-7-9-6(2)5-11(7)10-8/h4H,3,5H2,1-2H3. The van der Waals surface area contributed by atoms with E-state index < -0.39 is 0 Å². The maximum absolute atomic E-state index is 4.40. The molecule has 64 valence electrons. The molecule has 0 N–H and O–H groups in total. The predicted octanol–water partition coefficient (Wildman–Crippen LogP) is 2.10. The van der Waals surface area contributed by atoms with E-state index in [1.54, 1.807) is 11.8 Å². The van der Waals surface area contributed by atoms with Crippen LogP contribution in [0.5, 0.6) is 0 Å². The summed E-state index contributed by atoms with van der Waals surface area (Å²) in [5.41, 5.74) is 1.14. The fourth-order valence-electron chi connectivity index (χ4n) is 1.26. The van der Waals surface area contributed by atoms with Crippen molar-refractivity contribution < 1.29 is 0 Å². The van der Waals surface area contributed by atoms with Gasteiger partial charge in [0.25, 0.3) is 0 Å². The van der Waals surface area contributed by atoms with Gasteiger partial charge in [-0.3, -0.25) is 0 Å². The number of thioether (sulfide) groups is 1. The van der Waals surface area contributed by atoms with Gasteiger partial charge in [-0.05, 0) is 12.7 Å². The molecule has 1 aromatic heterocycles.